The molecule has 4 nitrogen and oxygen atoms in total. The van der Waals surface area contributed by atoms with E-state index in [1.165, 1.54) is 22.5 Å². The van der Waals surface area contributed by atoms with Gasteiger partial charge in [0.05, 0.1) is 11.2 Å². The van der Waals surface area contributed by atoms with Crippen LogP contribution in [0.3, 0.4) is 0 Å². The van der Waals surface area contributed by atoms with E-state index in [-0.39, 0.29) is 5.91 Å². The summed E-state index contributed by atoms with van der Waals surface area (Å²) in [6.07, 6.45) is 3.65. The van der Waals surface area contributed by atoms with E-state index in [0.29, 0.717) is 11.4 Å². The van der Waals surface area contributed by atoms with Crippen LogP contribution in [0, 0.1) is 0 Å². The quantitative estimate of drug-likeness (QED) is 0.922. The number of carbonyl (C=O) groups excluding carboxylic acids is 1. The number of aryl methyl sites for hydroxylation is 1. The van der Waals surface area contributed by atoms with E-state index in [9.17, 15) is 4.79 Å². The van der Waals surface area contributed by atoms with Crippen molar-refractivity contribution in [2.75, 3.05) is 19.6 Å². The van der Waals surface area contributed by atoms with Crippen molar-refractivity contribution in [3.05, 3.63) is 51.5 Å². The van der Waals surface area contributed by atoms with Gasteiger partial charge in [-0.3, -0.25) is 9.69 Å². The Morgan fingerprint density at radius 3 is 2.95 bits per heavy atom. The van der Waals surface area contributed by atoms with Crippen molar-refractivity contribution < 1.29 is 4.79 Å². The molecule has 2 aromatic rings. The predicted molar refractivity (Wildman–Crippen MR) is 89.2 cm³/mol. The number of aromatic nitrogens is 1. The number of thiazole rings is 1. The zero-order valence-electron chi connectivity index (χ0n) is 12.8. The third-order valence-electron chi connectivity index (χ3n) is 4.00. The van der Waals surface area contributed by atoms with E-state index in [2.05, 4.69) is 46.4 Å². The third-order valence-corrected chi connectivity index (χ3v) is 5.14. The highest BCUT2D eigenvalue weighted by atomic mass is 32.1. The summed E-state index contributed by atoms with van der Waals surface area (Å²) in [5.74, 6) is -0.00499. The fraction of sp³-hybridized carbons (Fsp3) is 0.412. The van der Waals surface area contributed by atoms with Gasteiger partial charge in [0.25, 0.3) is 5.91 Å². The van der Waals surface area contributed by atoms with Crippen molar-refractivity contribution in [3.8, 4) is 0 Å². The molecule has 0 saturated carbocycles. The molecule has 1 N–H and O–H groups in total. The fourth-order valence-corrected chi connectivity index (χ4v) is 3.51. The van der Waals surface area contributed by atoms with Crippen LogP contribution in [-0.4, -0.2) is 35.4 Å². The molecule has 22 heavy (non-hydrogen) atoms. The summed E-state index contributed by atoms with van der Waals surface area (Å²) in [5, 5.41) is 4.01. The van der Waals surface area contributed by atoms with Crippen molar-refractivity contribution in [1.82, 2.24) is 15.2 Å². The van der Waals surface area contributed by atoms with Gasteiger partial charge in [0, 0.05) is 26.2 Å². The van der Waals surface area contributed by atoms with Crippen molar-refractivity contribution >= 4 is 17.2 Å². The van der Waals surface area contributed by atoms with Gasteiger partial charge in [-0.15, -0.1) is 11.3 Å². The maximum Gasteiger partial charge on any atom is 0.263 e. The molecule has 0 fully saturated rings. The van der Waals surface area contributed by atoms with Crippen LogP contribution in [0.15, 0.2) is 30.5 Å². The molecular formula is C17H21N3OS. The predicted octanol–water partition coefficient (Wildman–Crippen LogP) is 2.49. The second-order valence-corrected chi connectivity index (χ2v) is 6.64. The number of amides is 1. The van der Waals surface area contributed by atoms with Crippen molar-refractivity contribution in [2.45, 2.75) is 26.3 Å². The molecule has 1 aliphatic heterocycles. The molecule has 1 amide bonds. The zero-order valence-corrected chi connectivity index (χ0v) is 13.7. The average molecular weight is 315 g/mol. The number of rotatable bonds is 5. The van der Waals surface area contributed by atoms with Crippen molar-refractivity contribution in [3.63, 3.8) is 0 Å². The highest BCUT2D eigenvalue weighted by Crippen LogP contribution is 2.18. The van der Waals surface area contributed by atoms with Crippen LogP contribution in [0.4, 0.5) is 0 Å². The maximum atomic E-state index is 12.1. The van der Waals surface area contributed by atoms with E-state index in [0.717, 1.165) is 37.5 Å². The number of nitrogens with one attached hydrogen (secondary N) is 1. The van der Waals surface area contributed by atoms with E-state index in [1.54, 1.807) is 6.20 Å². The Morgan fingerprint density at radius 2 is 2.18 bits per heavy atom. The summed E-state index contributed by atoms with van der Waals surface area (Å²) in [6.45, 7) is 5.66. The average Bonchev–Trinajstić information content (AvgIpc) is 3.04. The van der Waals surface area contributed by atoms with Crippen LogP contribution in [0.25, 0.3) is 0 Å². The Morgan fingerprint density at radius 1 is 1.36 bits per heavy atom. The van der Waals surface area contributed by atoms with Gasteiger partial charge < -0.3 is 5.32 Å². The lowest BCUT2D eigenvalue weighted by Gasteiger charge is -2.28. The second kappa shape index (κ2) is 7.03. The first-order valence-electron chi connectivity index (χ1n) is 7.78. The van der Waals surface area contributed by atoms with Crippen molar-refractivity contribution in [1.29, 1.82) is 0 Å². The summed E-state index contributed by atoms with van der Waals surface area (Å²) in [5.41, 5.74) is 2.87. The third kappa shape index (κ3) is 3.54. The van der Waals surface area contributed by atoms with Gasteiger partial charge in [-0.05, 0) is 24.0 Å². The summed E-state index contributed by atoms with van der Waals surface area (Å²) in [4.78, 5) is 19.4. The molecule has 2 heterocycles. The van der Waals surface area contributed by atoms with Gasteiger partial charge in [0.2, 0.25) is 0 Å². The van der Waals surface area contributed by atoms with E-state index >= 15 is 0 Å². The van der Waals surface area contributed by atoms with Gasteiger partial charge in [-0.1, -0.05) is 31.2 Å². The maximum absolute atomic E-state index is 12.1. The van der Waals surface area contributed by atoms with Gasteiger partial charge in [0.1, 0.15) is 4.88 Å². The Bertz CT molecular complexity index is 653. The molecule has 0 unspecified atom stereocenters. The lowest BCUT2D eigenvalue weighted by atomic mass is 10.00. The SMILES string of the molecule is CCc1ncc(C(=O)NCCN2CCc3ccccc3C2)s1. The fourth-order valence-electron chi connectivity index (χ4n) is 2.74. The number of fused-ring (bicyclic) bond motifs is 1. The molecular weight excluding hydrogens is 294 g/mol. The summed E-state index contributed by atoms with van der Waals surface area (Å²) in [7, 11) is 0. The Labute approximate surface area is 135 Å². The highest BCUT2D eigenvalue weighted by Gasteiger charge is 2.16. The summed E-state index contributed by atoms with van der Waals surface area (Å²) in [6, 6.07) is 8.61. The first kappa shape index (κ1) is 15.2. The van der Waals surface area contributed by atoms with Crippen LogP contribution in [0.1, 0.15) is 32.7 Å². The molecule has 0 atom stereocenters. The molecule has 0 spiro atoms. The number of benzene rings is 1. The van der Waals surface area contributed by atoms with Crippen LogP contribution in [0.5, 0.6) is 0 Å². The first-order chi connectivity index (χ1) is 10.8. The van der Waals surface area contributed by atoms with Crippen LogP contribution >= 0.6 is 11.3 Å². The molecule has 3 rings (SSSR count). The Hall–Kier alpha value is -1.72. The largest absolute Gasteiger partial charge is 0.350 e. The van der Waals surface area contributed by atoms with Crippen LogP contribution in [-0.2, 0) is 19.4 Å². The van der Waals surface area contributed by atoms with Crippen LogP contribution in [0.2, 0.25) is 0 Å². The van der Waals surface area contributed by atoms with E-state index < -0.39 is 0 Å². The normalized spacial score (nSPS) is 14.6. The van der Waals surface area contributed by atoms with Gasteiger partial charge in [0.15, 0.2) is 0 Å². The minimum absolute atomic E-state index is 0.00499. The number of nitrogens with zero attached hydrogens (tertiary/aromatic N) is 2. The van der Waals surface area contributed by atoms with Crippen LogP contribution < -0.4 is 5.32 Å². The Kier molecular flexibility index (Phi) is 4.85. The molecule has 1 aliphatic rings. The smallest absolute Gasteiger partial charge is 0.263 e. The van der Waals surface area contributed by atoms with E-state index in [4.69, 9.17) is 0 Å². The highest BCUT2D eigenvalue weighted by molar-refractivity contribution is 7.13. The van der Waals surface area contributed by atoms with Gasteiger partial charge in [-0.25, -0.2) is 4.98 Å². The standard InChI is InChI=1S/C17H21N3OS/c1-2-16-19-11-15(22-16)17(21)18-8-10-20-9-7-13-5-3-4-6-14(13)12-20/h3-6,11H,2,7-10,12H2,1H3,(H,18,21). The Balaban J connectivity index is 1.47. The minimum atomic E-state index is -0.00499. The van der Waals surface area contributed by atoms with Gasteiger partial charge >= 0.3 is 0 Å². The first-order valence-corrected chi connectivity index (χ1v) is 8.60. The lowest BCUT2D eigenvalue weighted by Crippen LogP contribution is -2.37. The molecule has 0 radical (unpaired) electrons. The number of hydrogen-bond donors (Lipinski definition) is 1. The second-order valence-electron chi connectivity index (χ2n) is 5.52. The molecule has 5 heteroatoms. The van der Waals surface area contributed by atoms with Crippen molar-refractivity contribution in [2.24, 2.45) is 0 Å². The molecule has 0 aliphatic carbocycles. The molecule has 1 aromatic carbocycles. The zero-order chi connectivity index (χ0) is 15.4. The molecule has 0 saturated heterocycles. The molecule has 0 bridgehead atoms. The summed E-state index contributed by atoms with van der Waals surface area (Å²) < 4.78 is 0. The van der Waals surface area contributed by atoms with Gasteiger partial charge in [-0.2, -0.15) is 0 Å². The topological polar surface area (TPSA) is 45.2 Å². The summed E-state index contributed by atoms with van der Waals surface area (Å²) >= 11 is 1.48. The monoisotopic (exact) mass is 315 g/mol. The molecule has 1 aromatic heterocycles. The van der Waals surface area contributed by atoms with E-state index in [1.807, 2.05) is 0 Å². The number of hydrogen-bond acceptors (Lipinski definition) is 4. The number of carbonyl (C=O) groups is 1. The lowest BCUT2D eigenvalue weighted by molar-refractivity contribution is 0.0951. The minimum Gasteiger partial charge on any atom is -0.350 e. The molecule has 116 valence electrons.